The summed E-state index contributed by atoms with van der Waals surface area (Å²) < 4.78 is 3.27. The van der Waals surface area contributed by atoms with Gasteiger partial charge in [-0.15, -0.1) is 0 Å². The highest BCUT2D eigenvalue weighted by Gasteiger charge is 2.18. The molecule has 0 radical (unpaired) electrons. The van der Waals surface area contributed by atoms with E-state index in [1.165, 1.54) is 48.9 Å². The van der Waals surface area contributed by atoms with E-state index in [4.69, 9.17) is 0 Å². The molecule has 2 nitrogen and oxygen atoms in total. The van der Waals surface area contributed by atoms with Crippen LogP contribution in [-0.4, -0.2) is 9.51 Å². The van der Waals surface area contributed by atoms with Crippen molar-refractivity contribution in [2.24, 2.45) is 0 Å². The van der Waals surface area contributed by atoms with Crippen molar-refractivity contribution in [2.75, 3.05) is 0 Å². The summed E-state index contributed by atoms with van der Waals surface area (Å²) >= 11 is 3.43. The number of hydrogen-bond donors (Lipinski definition) is 1. The van der Waals surface area contributed by atoms with Crippen LogP contribution in [0.4, 0.5) is 0 Å². The molecular weight excluding hydrogens is 446 g/mol. The number of aromatic nitrogens is 1. The molecule has 0 aliphatic rings. The lowest BCUT2D eigenvalue weighted by Gasteiger charge is -2.08. The molecule has 7 rings (SSSR count). The van der Waals surface area contributed by atoms with Crippen molar-refractivity contribution in [1.29, 1.82) is 0 Å². The van der Waals surface area contributed by atoms with Crippen LogP contribution in [0.1, 0.15) is 0 Å². The fourth-order valence-electron chi connectivity index (χ4n) is 5.16. The Morgan fingerprint density at radius 1 is 0.645 bits per heavy atom. The molecule has 2 aromatic heterocycles. The van der Waals surface area contributed by atoms with Crippen LogP contribution in [0.25, 0.3) is 60.0 Å². The molecule has 31 heavy (non-hydrogen) atoms. The second-order valence-corrected chi connectivity index (χ2v) is 9.03. The molecule has 0 saturated heterocycles. The maximum Gasteiger partial charge on any atom is 0.124 e. The highest BCUT2D eigenvalue weighted by Crippen LogP contribution is 2.42. The molecule has 0 atom stereocenters. The van der Waals surface area contributed by atoms with Gasteiger partial charge in [-0.25, -0.2) is 0 Å². The molecule has 0 spiro atoms. The number of hydrogen-bond acceptors (Lipinski definition) is 1. The van der Waals surface area contributed by atoms with Crippen LogP contribution in [0, 0.1) is 0 Å². The SMILES string of the molecule is Oc1cc(Br)ccc1-c1ccc2ccc3c(c2c1)c1cccc2c4ccccc4n3c21. The monoisotopic (exact) mass is 461 g/mol. The Balaban J connectivity index is 1.67. The largest absolute Gasteiger partial charge is 0.507 e. The number of nitrogens with zero attached hydrogens (tertiary/aromatic N) is 1. The Kier molecular flexibility index (Phi) is 3.32. The normalized spacial score (nSPS) is 12.2. The number of para-hydroxylation sites is 2. The van der Waals surface area contributed by atoms with E-state index >= 15 is 0 Å². The minimum Gasteiger partial charge on any atom is -0.507 e. The van der Waals surface area contributed by atoms with E-state index in [1.54, 1.807) is 6.07 Å². The first-order valence-corrected chi connectivity index (χ1v) is 11.1. The van der Waals surface area contributed by atoms with Crippen LogP contribution in [0.2, 0.25) is 0 Å². The lowest BCUT2D eigenvalue weighted by molar-refractivity contribution is 0.477. The van der Waals surface area contributed by atoms with Crippen LogP contribution < -0.4 is 0 Å². The van der Waals surface area contributed by atoms with Gasteiger partial charge in [0.05, 0.1) is 16.6 Å². The van der Waals surface area contributed by atoms with E-state index in [1.807, 2.05) is 12.1 Å². The summed E-state index contributed by atoms with van der Waals surface area (Å²) in [5, 5.41) is 18.1. The van der Waals surface area contributed by atoms with Gasteiger partial charge in [0.2, 0.25) is 0 Å². The quantitative estimate of drug-likeness (QED) is 0.262. The molecule has 0 aliphatic carbocycles. The van der Waals surface area contributed by atoms with E-state index in [0.717, 1.165) is 15.6 Å². The van der Waals surface area contributed by atoms with Gasteiger partial charge in [0, 0.05) is 31.6 Å². The Morgan fingerprint density at radius 3 is 2.35 bits per heavy atom. The minimum absolute atomic E-state index is 0.278. The Labute approximate surface area is 186 Å². The molecule has 0 unspecified atom stereocenters. The smallest absolute Gasteiger partial charge is 0.124 e. The van der Waals surface area contributed by atoms with Crippen molar-refractivity contribution in [2.45, 2.75) is 0 Å². The highest BCUT2D eigenvalue weighted by atomic mass is 79.9. The van der Waals surface area contributed by atoms with Gasteiger partial charge < -0.3 is 9.51 Å². The molecule has 0 bridgehead atoms. The molecular formula is C28H16BrNO. The van der Waals surface area contributed by atoms with Gasteiger partial charge in [-0.3, -0.25) is 0 Å². The van der Waals surface area contributed by atoms with Crippen molar-refractivity contribution >= 4 is 64.8 Å². The van der Waals surface area contributed by atoms with E-state index in [0.29, 0.717) is 0 Å². The molecule has 3 heteroatoms. The zero-order valence-corrected chi connectivity index (χ0v) is 18.0. The van der Waals surface area contributed by atoms with Crippen molar-refractivity contribution in [3.63, 3.8) is 0 Å². The molecule has 0 amide bonds. The average molecular weight is 462 g/mol. The van der Waals surface area contributed by atoms with Gasteiger partial charge in [-0.1, -0.05) is 70.5 Å². The summed E-state index contributed by atoms with van der Waals surface area (Å²) in [5.41, 5.74) is 5.59. The molecule has 1 N–H and O–H groups in total. The number of phenols is 1. The van der Waals surface area contributed by atoms with Crippen molar-refractivity contribution < 1.29 is 5.11 Å². The number of aromatic hydroxyl groups is 1. The summed E-state index contributed by atoms with van der Waals surface area (Å²) in [6.07, 6.45) is 0. The van der Waals surface area contributed by atoms with E-state index in [2.05, 4.69) is 93.1 Å². The molecule has 0 aliphatic heterocycles. The lowest BCUT2D eigenvalue weighted by atomic mass is 9.97. The molecule has 5 aromatic carbocycles. The maximum absolute atomic E-state index is 10.5. The zero-order chi connectivity index (χ0) is 20.7. The van der Waals surface area contributed by atoms with Crippen LogP contribution >= 0.6 is 15.9 Å². The molecule has 146 valence electrons. The number of phenolic OH excluding ortho intramolecular Hbond substituents is 1. The van der Waals surface area contributed by atoms with Crippen LogP contribution in [0.5, 0.6) is 5.75 Å². The van der Waals surface area contributed by atoms with Gasteiger partial charge in [-0.05, 0) is 52.7 Å². The maximum atomic E-state index is 10.5. The predicted molar refractivity (Wildman–Crippen MR) is 133 cm³/mol. The first-order chi connectivity index (χ1) is 15.2. The summed E-state index contributed by atoms with van der Waals surface area (Å²) in [7, 11) is 0. The number of rotatable bonds is 1. The first kappa shape index (κ1) is 17.2. The lowest BCUT2D eigenvalue weighted by Crippen LogP contribution is -1.83. The second-order valence-electron chi connectivity index (χ2n) is 8.11. The van der Waals surface area contributed by atoms with Crippen molar-refractivity contribution in [1.82, 2.24) is 4.40 Å². The van der Waals surface area contributed by atoms with E-state index in [9.17, 15) is 5.11 Å². The topological polar surface area (TPSA) is 24.6 Å². The predicted octanol–water partition coefficient (Wildman–Crippen LogP) is 8.13. The Morgan fingerprint density at radius 2 is 1.45 bits per heavy atom. The van der Waals surface area contributed by atoms with Crippen molar-refractivity contribution in [3.05, 3.63) is 95.5 Å². The standard InChI is InChI=1S/C28H16BrNO/c29-18-11-12-19(26(31)15-18)17-9-8-16-10-13-25-27(23(16)14-17)22-6-3-5-21-20-4-1-2-7-24(20)30(25)28(21)22/h1-15,31H. The first-order valence-electron chi connectivity index (χ1n) is 10.3. The van der Waals surface area contributed by atoms with Crippen molar-refractivity contribution in [3.8, 4) is 16.9 Å². The number of halogens is 1. The number of fused-ring (bicyclic) bond motifs is 8. The van der Waals surface area contributed by atoms with Crippen LogP contribution in [0.15, 0.2) is 95.5 Å². The van der Waals surface area contributed by atoms with Gasteiger partial charge in [-0.2, -0.15) is 0 Å². The average Bonchev–Trinajstić information content (AvgIpc) is 3.31. The Bertz CT molecular complexity index is 1810. The second kappa shape index (κ2) is 5.99. The minimum atomic E-state index is 0.278. The van der Waals surface area contributed by atoms with Crippen LogP contribution in [0.3, 0.4) is 0 Å². The highest BCUT2D eigenvalue weighted by molar-refractivity contribution is 9.10. The van der Waals surface area contributed by atoms with Gasteiger partial charge in [0.1, 0.15) is 5.75 Å². The Hall–Kier alpha value is -3.56. The summed E-state index contributed by atoms with van der Waals surface area (Å²) in [6.45, 7) is 0. The molecule has 2 heterocycles. The molecule has 7 aromatic rings. The van der Waals surface area contributed by atoms with Gasteiger partial charge in [0.25, 0.3) is 0 Å². The molecule has 0 saturated carbocycles. The summed E-state index contributed by atoms with van der Waals surface area (Å²) in [6, 6.07) is 31.8. The third-order valence-electron chi connectivity index (χ3n) is 6.48. The van der Waals surface area contributed by atoms with E-state index in [-0.39, 0.29) is 5.75 Å². The van der Waals surface area contributed by atoms with Gasteiger partial charge >= 0.3 is 0 Å². The third-order valence-corrected chi connectivity index (χ3v) is 6.97. The third kappa shape index (κ3) is 2.21. The number of benzene rings is 5. The van der Waals surface area contributed by atoms with E-state index < -0.39 is 0 Å². The summed E-state index contributed by atoms with van der Waals surface area (Å²) in [5.74, 6) is 0.278. The fourth-order valence-corrected chi connectivity index (χ4v) is 5.51. The van der Waals surface area contributed by atoms with Crippen LogP contribution in [-0.2, 0) is 0 Å². The summed E-state index contributed by atoms with van der Waals surface area (Å²) in [4.78, 5) is 0. The zero-order valence-electron chi connectivity index (χ0n) is 16.4. The fraction of sp³-hybridized carbons (Fsp3) is 0. The molecule has 0 fully saturated rings. The van der Waals surface area contributed by atoms with Gasteiger partial charge in [0.15, 0.2) is 0 Å².